The van der Waals surface area contributed by atoms with Gasteiger partial charge in [-0.1, -0.05) is 13.2 Å². The van der Waals surface area contributed by atoms with E-state index in [-0.39, 0.29) is 30.8 Å². The van der Waals surface area contributed by atoms with Crippen LogP contribution in [0.5, 0.6) is 0 Å². The first-order chi connectivity index (χ1) is 9.93. The maximum absolute atomic E-state index is 11.4. The molecule has 0 rings (SSSR count). The van der Waals surface area contributed by atoms with E-state index >= 15 is 0 Å². The summed E-state index contributed by atoms with van der Waals surface area (Å²) in [6, 6.07) is 0. The molecule has 6 nitrogen and oxygen atoms in total. The number of hydrogen-bond acceptors (Lipinski definition) is 6. The minimum absolute atomic E-state index is 0.0314. The van der Waals surface area contributed by atoms with Gasteiger partial charge in [-0.25, -0.2) is 16.8 Å². The average Bonchev–Trinajstić information content (AvgIpc) is 2.43. The zero-order chi connectivity index (χ0) is 17.4. The van der Waals surface area contributed by atoms with Gasteiger partial charge in [0.25, 0.3) is 0 Å². The molecule has 0 spiro atoms. The Bertz CT molecular complexity index is 560. The van der Waals surface area contributed by atoms with E-state index < -0.39 is 25.3 Å². The van der Waals surface area contributed by atoms with Crippen molar-refractivity contribution in [3.05, 3.63) is 24.0 Å². The molecule has 0 amide bonds. The van der Waals surface area contributed by atoms with Crippen molar-refractivity contribution in [3.8, 4) is 0 Å². The lowest BCUT2D eigenvalue weighted by Crippen LogP contribution is -2.31. The van der Waals surface area contributed by atoms with E-state index in [4.69, 9.17) is 9.47 Å². The fraction of sp³-hybridized carbons (Fsp3) is 0.714. The molecule has 22 heavy (non-hydrogen) atoms. The molecule has 0 radical (unpaired) electrons. The van der Waals surface area contributed by atoms with Crippen molar-refractivity contribution in [2.45, 2.75) is 38.9 Å². The van der Waals surface area contributed by atoms with Crippen LogP contribution in [-0.4, -0.2) is 53.3 Å². The first-order valence-electron chi connectivity index (χ1n) is 6.89. The third-order valence-electron chi connectivity index (χ3n) is 2.98. The van der Waals surface area contributed by atoms with Crippen LogP contribution in [0.2, 0.25) is 0 Å². The summed E-state index contributed by atoms with van der Waals surface area (Å²) in [5.41, 5.74) is -0.624. The van der Waals surface area contributed by atoms with Crippen molar-refractivity contribution in [1.29, 1.82) is 0 Å². The van der Waals surface area contributed by atoms with E-state index in [0.717, 1.165) is 10.8 Å². The van der Waals surface area contributed by atoms with Gasteiger partial charge in [0.05, 0.1) is 36.4 Å². The first-order valence-corrected chi connectivity index (χ1v) is 10.3. The zero-order valence-corrected chi connectivity index (χ0v) is 15.1. The number of rotatable bonds is 12. The van der Waals surface area contributed by atoms with Crippen LogP contribution in [0.3, 0.4) is 0 Å². The molecule has 0 heterocycles. The van der Waals surface area contributed by atoms with Gasteiger partial charge in [0.2, 0.25) is 0 Å². The standard InChI is InChI=1S/C14H26O6S2/c1-6-21(15,16)10-8-14(4,5)20-12-13(3)19-9-11-22(17,18)7-2/h6-7,13H,1-2,8-12H2,3-5H3. The van der Waals surface area contributed by atoms with E-state index in [0.29, 0.717) is 6.42 Å². The van der Waals surface area contributed by atoms with Gasteiger partial charge in [-0.15, -0.1) is 0 Å². The fourth-order valence-corrected chi connectivity index (χ4v) is 2.82. The van der Waals surface area contributed by atoms with Crippen LogP contribution in [0.25, 0.3) is 0 Å². The van der Waals surface area contributed by atoms with Crippen molar-refractivity contribution in [3.63, 3.8) is 0 Å². The molecule has 0 saturated heterocycles. The lowest BCUT2D eigenvalue weighted by atomic mass is 10.1. The van der Waals surface area contributed by atoms with Crippen molar-refractivity contribution >= 4 is 19.7 Å². The third-order valence-corrected chi connectivity index (χ3v) is 5.50. The number of hydrogen-bond donors (Lipinski definition) is 0. The maximum atomic E-state index is 11.4. The molecule has 0 aromatic rings. The number of ether oxygens (including phenoxy) is 2. The quantitative estimate of drug-likeness (QED) is 0.530. The molecule has 0 aliphatic carbocycles. The highest BCUT2D eigenvalue weighted by Gasteiger charge is 2.22. The topological polar surface area (TPSA) is 86.7 Å². The van der Waals surface area contributed by atoms with Crippen LogP contribution in [0, 0.1) is 0 Å². The lowest BCUT2D eigenvalue weighted by molar-refractivity contribution is -0.0734. The second-order valence-corrected chi connectivity index (χ2v) is 9.70. The molecule has 0 bridgehead atoms. The van der Waals surface area contributed by atoms with E-state index in [9.17, 15) is 16.8 Å². The molecule has 0 saturated carbocycles. The SMILES string of the molecule is C=CS(=O)(=O)CCOC(C)COC(C)(C)CCS(=O)(=O)C=C. The zero-order valence-electron chi connectivity index (χ0n) is 13.4. The molecule has 8 heteroatoms. The third kappa shape index (κ3) is 10.1. The minimum Gasteiger partial charge on any atom is -0.375 e. The van der Waals surface area contributed by atoms with Gasteiger partial charge in [-0.2, -0.15) is 0 Å². The molecule has 1 atom stereocenters. The van der Waals surface area contributed by atoms with Gasteiger partial charge in [0.1, 0.15) is 0 Å². The molecule has 0 aromatic heterocycles. The Kier molecular flexibility index (Phi) is 8.53. The van der Waals surface area contributed by atoms with E-state index in [1.54, 1.807) is 20.8 Å². The smallest absolute Gasteiger partial charge is 0.173 e. The maximum Gasteiger partial charge on any atom is 0.173 e. The Morgan fingerprint density at radius 1 is 1.05 bits per heavy atom. The van der Waals surface area contributed by atoms with Gasteiger partial charge in [-0.3, -0.25) is 0 Å². The second-order valence-electron chi connectivity index (χ2n) is 5.57. The highest BCUT2D eigenvalue weighted by molar-refractivity contribution is 7.94. The van der Waals surface area contributed by atoms with E-state index in [1.807, 2.05) is 0 Å². The normalized spacial score (nSPS) is 14.5. The van der Waals surface area contributed by atoms with Gasteiger partial charge in [0.15, 0.2) is 19.7 Å². The summed E-state index contributed by atoms with van der Waals surface area (Å²) < 4.78 is 56.2. The van der Waals surface area contributed by atoms with Crippen molar-refractivity contribution in [2.75, 3.05) is 24.7 Å². The fourth-order valence-electron chi connectivity index (χ4n) is 1.38. The van der Waals surface area contributed by atoms with Crippen LogP contribution in [0.1, 0.15) is 27.2 Å². The average molecular weight is 354 g/mol. The Morgan fingerprint density at radius 2 is 1.55 bits per heavy atom. The predicted octanol–water partition coefficient (Wildman–Crippen LogP) is 1.69. The minimum atomic E-state index is -3.26. The van der Waals surface area contributed by atoms with Crippen LogP contribution in [0.4, 0.5) is 0 Å². The summed E-state index contributed by atoms with van der Waals surface area (Å²) in [7, 11) is -6.51. The van der Waals surface area contributed by atoms with Gasteiger partial charge in [-0.05, 0) is 27.2 Å². The summed E-state index contributed by atoms with van der Waals surface area (Å²) in [5.74, 6) is -0.155. The Balaban J connectivity index is 4.14. The largest absolute Gasteiger partial charge is 0.375 e. The highest BCUT2D eigenvalue weighted by atomic mass is 32.2. The Morgan fingerprint density at radius 3 is 2.05 bits per heavy atom. The van der Waals surface area contributed by atoms with Crippen molar-refractivity contribution in [1.82, 2.24) is 0 Å². The molecule has 0 aliphatic rings. The molecular formula is C14H26O6S2. The van der Waals surface area contributed by atoms with Gasteiger partial charge < -0.3 is 9.47 Å². The van der Waals surface area contributed by atoms with Crippen LogP contribution >= 0.6 is 0 Å². The summed E-state index contributed by atoms with van der Waals surface area (Å²) in [6.07, 6.45) is 0.0362. The highest BCUT2D eigenvalue weighted by Crippen LogP contribution is 2.17. The second kappa shape index (κ2) is 8.81. The number of sulfone groups is 2. The molecule has 0 aliphatic heterocycles. The predicted molar refractivity (Wildman–Crippen MR) is 88.0 cm³/mol. The summed E-state index contributed by atoms with van der Waals surface area (Å²) in [6.45, 7) is 12.1. The van der Waals surface area contributed by atoms with E-state index in [1.165, 1.54) is 0 Å². The molecular weight excluding hydrogens is 328 g/mol. The van der Waals surface area contributed by atoms with Crippen molar-refractivity contribution in [2.24, 2.45) is 0 Å². The van der Waals surface area contributed by atoms with Gasteiger partial charge in [0, 0.05) is 10.8 Å². The molecule has 130 valence electrons. The van der Waals surface area contributed by atoms with Crippen LogP contribution < -0.4 is 0 Å². The monoisotopic (exact) mass is 354 g/mol. The van der Waals surface area contributed by atoms with E-state index in [2.05, 4.69) is 13.2 Å². The summed E-state index contributed by atoms with van der Waals surface area (Å²) in [4.78, 5) is 0. The van der Waals surface area contributed by atoms with Gasteiger partial charge >= 0.3 is 0 Å². The van der Waals surface area contributed by atoms with Crippen molar-refractivity contribution < 1.29 is 26.3 Å². The van der Waals surface area contributed by atoms with Crippen LogP contribution in [-0.2, 0) is 29.1 Å². The Labute approximate surface area is 134 Å². The summed E-state index contributed by atoms with van der Waals surface area (Å²) >= 11 is 0. The molecule has 0 fully saturated rings. The molecule has 0 N–H and O–H groups in total. The first kappa shape index (κ1) is 21.3. The Hall–Kier alpha value is -0.700. The molecule has 1 unspecified atom stereocenters. The molecule has 0 aromatic carbocycles. The lowest BCUT2D eigenvalue weighted by Gasteiger charge is -2.27. The van der Waals surface area contributed by atoms with Crippen LogP contribution in [0.15, 0.2) is 24.0 Å². The summed E-state index contributed by atoms with van der Waals surface area (Å²) in [5, 5.41) is 1.84.